The molecule has 1 aliphatic heterocycles. The molecule has 2 fully saturated rings. The van der Waals surface area contributed by atoms with Gasteiger partial charge in [0, 0.05) is 20.1 Å². The highest BCUT2D eigenvalue weighted by molar-refractivity contribution is 7.89. The number of rotatable bonds is 5. The summed E-state index contributed by atoms with van der Waals surface area (Å²) in [5, 5.41) is 10.3. The highest BCUT2D eigenvalue weighted by Gasteiger charge is 2.35. The van der Waals surface area contributed by atoms with Crippen molar-refractivity contribution >= 4 is 15.9 Å². The molecule has 1 aliphatic carbocycles. The predicted octanol–water partition coefficient (Wildman–Crippen LogP) is 2.25. The summed E-state index contributed by atoms with van der Waals surface area (Å²) in [4.78, 5) is 14.8. The van der Waals surface area contributed by atoms with E-state index < -0.39 is 22.2 Å². The number of carbonyl (C=O) groups excluding carboxylic acids is 1. The van der Waals surface area contributed by atoms with Crippen LogP contribution in [0.1, 0.15) is 55.3 Å². The Balaban J connectivity index is 1.91. The number of likely N-dealkylation sites (tertiary alicyclic amines) is 1. The molecule has 8 heteroatoms. The first-order chi connectivity index (χ1) is 13.4. The van der Waals surface area contributed by atoms with Gasteiger partial charge < -0.3 is 14.7 Å². The minimum atomic E-state index is -3.84. The lowest BCUT2D eigenvalue weighted by Crippen LogP contribution is -2.46. The summed E-state index contributed by atoms with van der Waals surface area (Å²) in [5.74, 6) is 0.170. The Morgan fingerprint density at radius 3 is 2.46 bits per heavy atom. The quantitative estimate of drug-likeness (QED) is 0.804. The summed E-state index contributed by atoms with van der Waals surface area (Å²) in [7, 11) is -0.858. The van der Waals surface area contributed by atoms with Crippen molar-refractivity contribution in [2.75, 3.05) is 27.2 Å². The van der Waals surface area contributed by atoms with Gasteiger partial charge in [-0.1, -0.05) is 12.8 Å². The molecule has 3 rings (SSSR count). The van der Waals surface area contributed by atoms with Gasteiger partial charge in [0.05, 0.1) is 29.7 Å². The number of benzene rings is 1. The number of likely N-dealkylation sites (N-methyl/N-ethyl adjacent to an activating group) is 1. The minimum absolute atomic E-state index is 0.0499. The van der Waals surface area contributed by atoms with Gasteiger partial charge in [-0.2, -0.15) is 4.31 Å². The summed E-state index contributed by atoms with van der Waals surface area (Å²) < 4.78 is 32.9. The average molecular weight is 411 g/mol. The van der Waals surface area contributed by atoms with Crippen molar-refractivity contribution in [1.29, 1.82) is 0 Å². The van der Waals surface area contributed by atoms with Crippen LogP contribution in [-0.4, -0.2) is 68.0 Å². The molecule has 0 aromatic heterocycles. The summed E-state index contributed by atoms with van der Waals surface area (Å²) >= 11 is 0. The number of piperidine rings is 1. The highest BCUT2D eigenvalue weighted by atomic mass is 32.2. The maximum Gasteiger partial charge on any atom is 0.257 e. The van der Waals surface area contributed by atoms with Crippen LogP contribution in [0, 0.1) is 0 Å². The van der Waals surface area contributed by atoms with Crippen molar-refractivity contribution in [2.45, 2.75) is 62.0 Å². The third-order valence-electron chi connectivity index (χ3n) is 5.88. The third-order valence-corrected chi connectivity index (χ3v) is 7.76. The van der Waals surface area contributed by atoms with Crippen molar-refractivity contribution in [3.8, 4) is 5.75 Å². The minimum Gasteiger partial charge on any atom is -0.496 e. The Labute approximate surface area is 167 Å². The van der Waals surface area contributed by atoms with Crippen LogP contribution in [0.4, 0.5) is 0 Å². The maximum absolute atomic E-state index is 13.2. The van der Waals surface area contributed by atoms with E-state index in [2.05, 4.69) is 0 Å². The van der Waals surface area contributed by atoms with E-state index in [9.17, 15) is 18.3 Å². The average Bonchev–Trinajstić information content (AvgIpc) is 2.73. The van der Waals surface area contributed by atoms with Crippen molar-refractivity contribution in [1.82, 2.24) is 9.21 Å². The summed E-state index contributed by atoms with van der Waals surface area (Å²) in [5.41, 5.74) is 0.267. The van der Waals surface area contributed by atoms with Gasteiger partial charge in [-0.3, -0.25) is 4.79 Å². The Bertz CT molecular complexity index is 805. The molecule has 0 bridgehead atoms. The Kier molecular flexibility index (Phi) is 6.62. The van der Waals surface area contributed by atoms with Gasteiger partial charge in [-0.05, 0) is 50.3 Å². The fourth-order valence-corrected chi connectivity index (χ4v) is 5.58. The molecule has 1 aromatic carbocycles. The van der Waals surface area contributed by atoms with E-state index in [0.29, 0.717) is 31.7 Å². The second-order valence-corrected chi connectivity index (χ2v) is 9.65. The molecule has 28 heavy (non-hydrogen) atoms. The third kappa shape index (κ3) is 4.18. The number of sulfonamides is 1. The zero-order chi connectivity index (χ0) is 20.3. The van der Waals surface area contributed by atoms with E-state index in [0.717, 1.165) is 32.1 Å². The van der Waals surface area contributed by atoms with Crippen LogP contribution in [0.25, 0.3) is 0 Å². The fourth-order valence-electron chi connectivity index (χ4n) is 4.14. The zero-order valence-electron chi connectivity index (χ0n) is 16.6. The molecule has 0 radical (unpaired) electrons. The SMILES string of the molecule is COc1ccc(S(=O)(=O)N(C)[C@@H]2CCCC[C@@H]2O)cc1C(=O)N1CCCCC1. The lowest BCUT2D eigenvalue weighted by molar-refractivity contribution is 0.0637. The van der Waals surface area contributed by atoms with E-state index in [4.69, 9.17) is 4.74 Å². The van der Waals surface area contributed by atoms with Gasteiger partial charge in [0.25, 0.3) is 5.91 Å². The van der Waals surface area contributed by atoms with Gasteiger partial charge in [0.2, 0.25) is 10.0 Å². The van der Waals surface area contributed by atoms with Gasteiger partial charge in [0.1, 0.15) is 5.75 Å². The van der Waals surface area contributed by atoms with Gasteiger partial charge in [-0.25, -0.2) is 8.42 Å². The van der Waals surface area contributed by atoms with Crippen LogP contribution in [-0.2, 0) is 10.0 Å². The second kappa shape index (κ2) is 8.80. The lowest BCUT2D eigenvalue weighted by Gasteiger charge is -2.34. The van der Waals surface area contributed by atoms with Gasteiger partial charge in [0.15, 0.2) is 0 Å². The van der Waals surface area contributed by atoms with Gasteiger partial charge >= 0.3 is 0 Å². The van der Waals surface area contributed by atoms with E-state index >= 15 is 0 Å². The smallest absolute Gasteiger partial charge is 0.257 e. The first-order valence-corrected chi connectivity index (χ1v) is 11.4. The largest absolute Gasteiger partial charge is 0.496 e. The van der Waals surface area contributed by atoms with Crippen molar-refractivity contribution in [3.63, 3.8) is 0 Å². The molecule has 0 spiro atoms. The molecule has 1 N–H and O–H groups in total. The van der Waals surface area contributed by atoms with Crippen LogP contribution in [0.5, 0.6) is 5.75 Å². The Morgan fingerprint density at radius 2 is 1.82 bits per heavy atom. The number of methoxy groups -OCH3 is 1. The predicted molar refractivity (Wildman–Crippen MR) is 106 cm³/mol. The zero-order valence-corrected chi connectivity index (χ0v) is 17.5. The van der Waals surface area contributed by atoms with E-state index in [-0.39, 0.29) is 16.4 Å². The van der Waals surface area contributed by atoms with Crippen molar-refractivity contribution in [3.05, 3.63) is 23.8 Å². The molecule has 1 saturated carbocycles. The van der Waals surface area contributed by atoms with Gasteiger partial charge in [-0.15, -0.1) is 0 Å². The first-order valence-electron chi connectivity index (χ1n) is 9.99. The summed E-state index contributed by atoms with van der Waals surface area (Å²) in [6.45, 7) is 1.35. The van der Waals surface area contributed by atoms with E-state index in [1.165, 1.54) is 36.7 Å². The van der Waals surface area contributed by atoms with E-state index in [1.54, 1.807) is 4.90 Å². The molecule has 7 nitrogen and oxygen atoms in total. The first kappa shape index (κ1) is 21.1. The van der Waals surface area contributed by atoms with E-state index in [1.807, 2.05) is 0 Å². The molecule has 2 aliphatic rings. The molecule has 1 heterocycles. The number of amides is 1. The Hall–Kier alpha value is -1.64. The number of hydrogen-bond donors (Lipinski definition) is 1. The molecule has 156 valence electrons. The van der Waals surface area contributed by atoms with Crippen LogP contribution >= 0.6 is 0 Å². The molecule has 0 unspecified atom stereocenters. The van der Waals surface area contributed by atoms with Crippen LogP contribution in [0.15, 0.2) is 23.1 Å². The molecule has 1 amide bonds. The maximum atomic E-state index is 13.2. The molecule has 1 aromatic rings. The number of aliphatic hydroxyl groups excluding tert-OH is 1. The van der Waals surface area contributed by atoms with Crippen molar-refractivity contribution in [2.24, 2.45) is 0 Å². The lowest BCUT2D eigenvalue weighted by atomic mass is 9.93. The molecule has 1 saturated heterocycles. The molecular weight excluding hydrogens is 380 g/mol. The number of nitrogens with zero attached hydrogens (tertiary/aromatic N) is 2. The number of aliphatic hydroxyl groups is 1. The Morgan fingerprint density at radius 1 is 1.14 bits per heavy atom. The fraction of sp³-hybridized carbons (Fsp3) is 0.650. The molecular formula is C20H30N2O5S. The number of carbonyl (C=O) groups is 1. The van der Waals surface area contributed by atoms with Crippen LogP contribution < -0.4 is 4.74 Å². The topological polar surface area (TPSA) is 87.1 Å². The van der Waals surface area contributed by atoms with Crippen molar-refractivity contribution < 1.29 is 23.1 Å². The molecule has 2 atom stereocenters. The monoisotopic (exact) mass is 410 g/mol. The summed E-state index contributed by atoms with van der Waals surface area (Å²) in [6, 6.07) is 3.97. The van der Waals surface area contributed by atoms with Crippen LogP contribution in [0.2, 0.25) is 0 Å². The summed E-state index contributed by atoms with van der Waals surface area (Å²) in [6.07, 6.45) is 5.37. The van der Waals surface area contributed by atoms with Crippen LogP contribution in [0.3, 0.4) is 0 Å². The number of hydrogen-bond acceptors (Lipinski definition) is 5. The normalized spacial score (nSPS) is 23.6. The second-order valence-electron chi connectivity index (χ2n) is 7.66. The number of ether oxygens (including phenoxy) is 1. The standard InChI is InChI=1S/C20H30N2O5S/c1-21(17-8-4-5-9-18(17)23)28(25,26)15-10-11-19(27-2)16(14-15)20(24)22-12-6-3-7-13-22/h10-11,14,17-18,23H,3-9,12-13H2,1-2H3/t17-,18+/m1/s1. The highest BCUT2D eigenvalue weighted by Crippen LogP contribution is 2.30.